The molecule has 0 aliphatic rings. The molecule has 0 radical (unpaired) electrons. The Labute approximate surface area is 74.6 Å². The summed E-state index contributed by atoms with van der Waals surface area (Å²) in [6.07, 6.45) is 0. The van der Waals surface area contributed by atoms with E-state index in [4.69, 9.17) is 0 Å². The average molecular weight is 189 g/mol. The van der Waals surface area contributed by atoms with Crippen molar-refractivity contribution in [1.82, 2.24) is 4.98 Å². The number of nitrogens with zero attached hydrogens (tertiary/aromatic N) is 1. The van der Waals surface area contributed by atoms with Gasteiger partial charge in [-0.25, -0.2) is 9.37 Å². The van der Waals surface area contributed by atoms with Gasteiger partial charge in [0.15, 0.2) is 5.82 Å². The molecule has 0 aromatic carbocycles. The second kappa shape index (κ2) is 3.01. The number of rotatable bonds is 0. The monoisotopic (exact) mass is 189 g/mol. The minimum Gasteiger partial charge on any atom is -0.221 e. The molecule has 0 aliphatic heterocycles. The van der Waals surface area contributed by atoms with E-state index < -0.39 is 23.0 Å². The Kier molecular flexibility index (Phi) is 2.32. The summed E-state index contributed by atoms with van der Waals surface area (Å²) in [5.74, 6) is -4.10. The molecule has 0 unspecified atom stereocenters. The third-order valence-electron chi connectivity index (χ3n) is 1.64. The van der Waals surface area contributed by atoms with E-state index in [1.807, 2.05) is 0 Å². The predicted molar refractivity (Wildman–Crippen MR) is 42.8 cm³/mol. The number of pyridine rings is 1. The Morgan fingerprint density at radius 3 is 2.08 bits per heavy atom. The van der Waals surface area contributed by atoms with Crippen molar-refractivity contribution in [3.05, 3.63) is 29.3 Å². The Morgan fingerprint density at radius 2 is 1.69 bits per heavy atom. The summed E-state index contributed by atoms with van der Waals surface area (Å²) in [6, 6.07) is 0.915. The van der Waals surface area contributed by atoms with Gasteiger partial charge in [-0.3, -0.25) is 0 Å². The van der Waals surface area contributed by atoms with Gasteiger partial charge in [-0.2, -0.15) is 8.78 Å². The molecule has 72 valence electrons. The lowest BCUT2D eigenvalue weighted by molar-refractivity contribution is 0.411. The smallest absolute Gasteiger partial charge is 0.221 e. The van der Waals surface area contributed by atoms with Gasteiger partial charge in [0, 0.05) is 5.41 Å². The third-order valence-corrected chi connectivity index (χ3v) is 1.64. The highest BCUT2D eigenvalue weighted by Crippen LogP contribution is 2.22. The number of halogens is 3. The molecule has 0 amide bonds. The molecular weight excluding hydrogens is 179 g/mol. The summed E-state index contributed by atoms with van der Waals surface area (Å²) in [7, 11) is 0. The van der Waals surface area contributed by atoms with Crippen LogP contribution in [0.25, 0.3) is 0 Å². The molecule has 0 saturated carbocycles. The van der Waals surface area contributed by atoms with Crippen LogP contribution in [-0.2, 0) is 5.41 Å². The average Bonchev–Trinajstić information content (AvgIpc) is 1.97. The van der Waals surface area contributed by atoms with Gasteiger partial charge in [-0.15, -0.1) is 0 Å². The Balaban J connectivity index is 3.29. The maximum Gasteiger partial charge on any atom is 0.252 e. The molecule has 1 aromatic rings. The summed E-state index contributed by atoms with van der Waals surface area (Å²) < 4.78 is 37.8. The van der Waals surface area contributed by atoms with Crippen LogP contribution in [-0.4, -0.2) is 4.98 Å². The fraction of sp³-hybridized carbons (Fsp3) is 0.444. The summed E-state index contributed by atoms with van der Waals surface area (Å²) >= 11 is 0. The number of aromatic nitrogens is 1. The van der Waals surface area contributed by atoms with Crippen molar-refractivity contribution in [3.8, 4) is 0 Å². The van der Waals surface area contributed by atoms with Crippen LogP contribution in [0.1, 0.15) is 26.5 Å². The molecule has 0 aliphatic carbocycles. The van der Waals surface area contributed by atoms with Crippen LogP contribution < -0.4 is 0 Å². The third kappa shape index (κ3) is 1.99. The second-order valence-electron chi connectivity index (χ2n) is 3.84. The highest BCUT2D eigenvalue weighted by atomic mass is 19.2. The molecule has 0 saturated heterocycles. The van der Waals surface area contributed by atoms with E-state index in [-0.39, 0.29) is 5.69 Å². The van der Waals surface area contributed by atoms with Crippen molar-refractivity contribution in [2.45, 2.75) is 26.2 Å². The number of hydrogen-bond acceptors (Lipinski definition) is 1. The van der Waals surface area contributed by atoms with E-state index in [9.17, 15) is 13.2 Å². The van der Waals surface area contributed by atoms with Gasteiger partial charge in [0.25, 0.3) is 5.95 Å². The van der Waals surface area contributed by atoms with Gasteiger partial charge in [0.2, 0.25) is 5.82 Å². The van der Waals surface area contributed by atoms with Gasteiger partial charge >= 0.3 is 0 Å². The molecular formula is C9H10F3N. The van der Waals surface area contributed by atoms with Crippen LogP contribution >= 0.6 is 0 Å². The quantitative estimate of drug-likeness (QED) is 0.572. The molecule has 0 atom stereocenters. The summed E-state index contributed by atoms with van der Waals surface area (Å²) in [6.45, 7) is 5.23. The normalized spacial score (nSPS) is 11.8. The first-order chi connectivity index (χ1) is 5.82. The Morgan fingerprint density at radius 1 is 1.15 bits per heavy atom. The van der Waals surface area contributed by atoms with Crippen LogP contribution in [0.15, 0.2) is 6.07 Å². The van der Waals surface area contributed by atoms with Gasteiger partial charge < -0.3 is 0 Å². The second-order valence-corrected chi connectivity index (χ2v) is 3.84. The minimum absolute atomic E-state index is 0.198. The molecule has 13 heavy (non-hydrogen) atoms. The number of hydrogen-bond donors (Lipinski definition) is 0. The molecule has 4 heteroatoms. The van der Waals surface area contributed by atoms with E-state index in [1.54, 1.807) is 20.8 Å². The lowest BCUT2D eigenvalue weighted by Crippen LogP contribution is -2.15. The van der Waals surface area contributed by atoms with Crippen LogP contribution in [0.4, 0.5) is 13.2 Å². The molecule has 1 nitrogen and oxygen atoms in total. The zero-order valence-electron chi connectivity index (χ0n) is 7.66. The fourth-order valence-corrected chi connectivity index (χ4v) is 0.853. The predicted octanol–water partition coefficient (Wildman–Crippen LogP) is 2.80. The summed E-state index contributed by atoms with van der Waals surface area (Å²) in [5.41, 5.74) is -0.293. The van der Waals surface area contributed by atoms with Gasteiger partial charge in [0.05, 0.1) is 5.69 Å². The van der Waals surface area contributed by atoms with Gasteiger partial charge in [-0.1, -0.05) is 20.8 Å². The lowest BCUT2D eigenvalue weighted by Gasteiger charge is -2.17. The first-order valence-electron chi connectivity index (χ1n) is 3.84. The van der Waals surface area contributed by atoms with E-state index in [1.165, 1.54) is 0 Å². The van der Waals surface area contributed by atoms with Crippen molar-refractivity contribution in [2.75, 3.05) is 0 Å². The maximum atomic E-state index is 12.7. The zero-order chi connectivity index (χ0) is 10.2. The van der Waals surface area contributed by atoms with Gasteiger partial charge in [0.1, 0.15) is 0 Å². The first-order valence-corrected chi connectivity index (χ1v) is 3.84. The van der Waals surface area contributed by atoms with Crippen LogP contribution in [0.5, 0.6) is 0 Å². The Bertz CT molecular complexity index is 305. The van der Waals surface area contributed by atoms with Crippen molar-refractivity contribution in [3.63, 3.8) is 0 Å². The largest absolute Gasteiger partial charge is 0.252 e. The minimum atomic E-state index is -1.52. The highest BCUT2D eigenvalue weighted by Gasteiger charge is 2.20. The van der Waals surface area contributed by atoms with E-state index in [0.717, 1.165) is 6.07 Å². The van der Waals surface area contributed by atoms with E-state index in [2.05, 4.69) is 4.98 Å². The molecule has 0 spiro atoms. The Hall–Kier alpha value is -1.06. The molecule has 1 heterocycles. The molecule has 0 fully saturated rings. The SMILES string of the molecule is CC(C)(C)c1cc(F)c(F)c(F)n1. The van der Waals surface area contributed by atoms with Crippen LogP contribution in [0.3, 0.4) is 0 Å². The van der Waals surface area contributed by atoms with Crippen molar-refractivity contribution in [1.29, 1.82) is 0 Å². The fourth-order valence-electron chi connectivity index (χ4n) is 0.853. The maximum absolute atomic E-state index is 12.7. The standard InChI is InChI=1S/C9H10F3N/c1-9(2,3)6-4-5(10)7(11)8(12)13-6/h4H,1-3H3. The van der Waals surface area contributed by atoms with E-state index in [0.29, 0.717) is 0 Å². The molecule has 0 N–H and O–H groups in total. The first kappa shape index (κ1) is 10.0. The molecule has 0 bridgehead atoms. The summed E-state index contributed by atoms with van der Waals surface area (Å²) in [5, 5.41) is 0. The van der Waals surface area contributed by atoms with Crippen molar-refractivity contribution < 1.29 is 13.2 Å². The molecule has 1 rings (SSSR count). The van der Waals surface area contributed by atoms with Crippen molar-refractivity contribution in [2.24, 2.45) is 0 Å². The topological polar surface area (TPSA) is 12.9 Å². The molecule has 1 aromatic heterocycles. The highest BCUT2D eigenvalue weighted by molar-refractivity contribution is 5.16. The van der Waals surface area contributed by atoms with Crippen LogP contribution in [0, 0.1) is 17.6 Å². The lowest BCUT2D eigenvalue weighted by atomic mass is 9.92. The van der Waals surface area contributed by atoms with E-state index >= 15 is 0 Å². The van der Waals surface area contributed by atoms with Gasteiger partial charge in [-0.05, 0) is 6.07 Å². The summed E-state index contributed by atoms with van der Waals surface area (Å²) in [4.78, 5) is 3.32. The van der Waals surface area contributed by atoms with Crippen LogP contribution in [0.2, 0.25) is 0 Å². The van der Waals surface area contributed by atoms with Crippen molar-refractivity contribution >= 4 is 0 Å². The zero-order valence-corrected chi connectivity index (χ0v) is 7.66.